The third-order valence-electron chi connectivity index (χ3n) is 6.41. The van der Waals surface area contributed by atoms with E-state index in [1.165, 1.54) is 5.01 Å². The number of anilines is 1. The number of amides is 1. The maximum atomic E-state index is 13.9. The number of carbonyl (C=O) groups is 1. The van der Waals surface area contributed by atoms with Crippen molar-refractivity contribution in [2.24, 2.45) is 5.10 Å². The molecule has 0 saturated heterocycles. The second kappa shape index (κ2) is 10.6. The van der Waals surface area contributed by atoms with E-state index >= 15 is 0 Å². The standard InChI is InChI=1S/C33H26N4O2/c1-2-39-29-20-12-15-25(21-29)31-26(23-36(34-31)27-16-8-4-9-17-27)22-30-32(24-13-6-3-7-14-24)35-37(33(30)38)28-18-10-5-11-19-28/h3-23H,2H2,1H3. The van der Waals surface area contributed by atoms with Gasteiger partial charge < -0.3 is 4.74 Å². The Morgan fingerprint density at radius 2 is 1.41 bits per heavy atom. The van der Waals surface area contributed by atoms with Crippen molar-refractivity contribution >= 4 is 23.4 Å². The van der Waals surface area contributed by atoms with Crippen LogP contribution in [0.15, 0.2) is 132 Å². The van der Waals surface area contributed by atoms with Crippen molar-refractivity contribution in [3.05, 3.63) is 138 Å². The maximum absolute atomic E-state index is 13.9. The number of hydrogen-bond donors (Lipinski definition) is 0. The SMILES string of the molecule is CCOc1cccc(-c2nn(-c3ccccc3)cc2C=C2C(=O)N(c3ccccc3)N=C2c2ccccc2)c1. The number of ether oxygens (including phenoxy) is 1. The van der Waals surface area contributed by atoms with Gasteiger partial charge in [0.1, 0.15) is 17.2 Å². The third-order valence-corrected chi connectivity index (χ3v) is 6.41. The number of benzene rings is 4. The zero-order valence-electron chi connectivity index (χ0n) is 21.4. The van der Waals surface area contributed by atoms with Gasteiger partial charge in [0.2, 0.25) is 0 Å². The quantitative estimate of drug-likeness (QED) is 0.227. The smallest absolute Gasteiger partial charge is 0.281 e. The highest BCUT2D eigenvalue weighted by molar-refractivity contribution is 6.37. The molecular weight excluding hydrogens is 484 g/mol. The molecule has 0 unspecified atom stereocenters. The number of para-hydroxylation sites is 2. The number of carbonyl (C=O) groups excluding carboxylic acids is 1. The van der Waals surface area contributed by atoms with Crippen LogP contribution in [-0.4, -0.2) is 28.0 Å². The minimum atomic E-state index is -0.193. The van der Waals surface area contributed by atoms with Gasteiger partial charge in [-0.2, -0.15) is 15.2 Å². The Balaban J connectivity index is 1.52. The molecule has 6 rings (SSSR count). The summed E-state index contributed by atoms with van der Waals surface area (Å²) in [7, 11) is 0. The fourth-order valence-electron chi connectivity index (χ4n) is 4.58. The fourth-order valence-corrected chi connectivity index (χ4v) is 4.58. The van der Waals surface area contributed by atoms with Gasteiger partial charge in [0, 0.05) is 22.9 Å². The summed E-state index contributed by atoms with van der Waals surface area (Å²) < 4.78 is 7.59. The molecule has 1 amide bonds. The van der Waals surface area contributed by atoms with Gasteiger partial charge in [-0.05, 0) is 49.4 Å². The Kier molecular flexibility index (Phi) is 6.58. The van der Waals surface area contributed by atoms with Gasteiger partial charge in [0.15, 0.2) is 0 Å². The van der Waals surface area contributed by atoms with Crippen LogP contribution in [0.1, 0.15) is 18.1 Å². The zero-order valence-corrected chi connectivity index (χ0v) is 21.4. The summed E-state index contributed by atoms with van der Waals surface area (Å²) in [5, 5.41) is 11.2. The summed E-state index contributed by atoms with van der Waals surface area (Å²) in [6.07, 6.45) is 3.85. The molecule has 0 N–H and O–H groups in total. The van der Waals surface area contributed by atoms with Crippen LogP contribution in [0.5, 0.6) is 5.75 Å². The highest BCUT2D eigenvalue weighted by Crippen LogP contribution is 2.32. The first-order valence-electron chi connectivity index (χ1n) is 12.8. The second-order valence-corrected chi connectivity index (χ2v) is 9.00. The van der Waals surface area contributed by atoms with Crippen molar-refractivity contribution < 1.29 is 9.53 Å². The predicted octanol–water partition coefficient (Wildman–Crippen LogP) is 6.77. The van der Waals surface area contributed by atoms with E-state index in [-0.39, 0.29) is 5.91 Å². The Morgan fingerprint density at radius 3 is 2.10 bits per heavy atom. The van der Waals surface area contributed by atoms with Crippen LogP contribution in [0.3, 0.4) is 0 Å². The molecule has 0 saturated carbocycles. The number of hydrazone groups is 1. The molecule has 0 aliphatic carbocycles. The lowest BCUT2D eigenvalue weighted by atomic mass is 9.99. The molecule has 6 nitrogen and oxygen atoms in total. The van der Waals surface area contributed by atoms with Crippen LogP contribution in [0.2, 0.25) is 0 Å². The average molecular weight is 511 g/mol. The van der Waals surface area contributed by atoms with Crippen LogP contribution < -0.4 is 9.75 Å². The van der Waals surface area contributed by atoms with E-state index in [4.69, 9.17) is 14.9 Å². The monoisotopic (exact) mass is 510 g/mol. The molecule has 0 bridgehead atoms. The molecule has 1 aromatic heterocycles. The first-order chi connectivity index (χ1) is 19.2. The minimum Gasteiger partial charge on any atom is -0.494 e. The molecule has 4 aromatic carbocycles. The Hall–Kier alpha value is -5.23. The van der Waals surface area contributed by atoms with Gasteiger partial charge in [-0.1, -0.05) is 78.9 Å². The van der Waals surface area contributed by atoms with Crippen molar-refractivity contribution in [1.29, 1.82) is 0 Å². The molecule has 0 fully saturated rings. The van der Waals surface area contributed by atoms with Gasteiger partial charge in [0.25, 0.3) is 5.91 Å². The van der Waals surface area contributed by atoms with Gasteiger partial charge in [-0.15, -0.1) is 0 Å². The molecule has 0 atom stereocenters. The highest BCUT2D eigenvalue weighted by Gasteiger charge is 2.32. The highest BCUT2D eigenvalue weighted by atomic mass is 16.5. The average Bonchev–Trinajstić information content (AvgIpc) is 3.56. The lowest BCUT2D eigenvalue weighted by Crippen LogP contribution is -2.21. The van der Waals surface area contributed by atoms with E-state index in [0.29, 0.717) is 23.6 Å². The molecule has 0 radical (unpaired) electrons. The van der Waals surface area contributed by atoms with Gasteiger partial charge >= 0.3 is 0 Å². The third kappa shape index (κ3) is 4.88. The van der Waals surface area contributed by atoms with E-state index in [1.54, 1.807) is 0 Å². The van der Waals surface area contributed by atoms with Crippen LogP contribution >= 0.6 is 0 Å². The summed E-state index contributed by atoms with van der Waals surface area (Å²) in [6, 6.07) is 37.0. The molecule has 190 valence electrons. The van der Waals surface area contributed by atoms with Crippen molar-refractivity contribution in [2.45, 2.75) is 6.92 Å². The van der Waals surface area contributed by atoms with E-state index in [2.05, 4.69) is 0 Å². The summed E-state index contributed by atoms with van der Waals surface area (Å²) >= 11 is 0. The topological polar surface area (TPSA) is 59.7 Å². The van der Waals surface area contributed by atoms with E-state index in [1.807, 2.05) is 139 Å². The normalized spacial score (nSPS) is 14.1. The van der Waals surface area contributed by atoms with E-state index in [0.717, 1.165) is 33.8 Å². The Morgan fingerprint density at radius 1 is 0.769 bits per heavy atom. The Labute approximate surface area is 227 Å². The van der Waals surface area contributed by atoms with Crippen LogP contribution in [0.4, 0.5) is 5.69 Å². The van der Waals surface area contributed by atoms with Crippen molar-refractivity contribution in [1.82, 2.24) is 9.78 Å². The number of aromatic nitrogens is 2. The zero-order chi connectivity index (χ0) is 26.6. The molecule has 1 aliphatic heterocycles. The molecule has 0 spiro atoms. The summed E-state index contributed by atoms with van der Waals surface area (Å²) in [5.41, 5.74) is 6.05. The molecule has 1 aliphatic rings. The first-order valence-corrected chi connectivity index (χ1v) is 12.8. The molecule has 2 heterocycles. The fraction of sp³-hybridized carbons (Fsp3) is 0.0606. The number of hydrogen-bond acceptors (Lipinski definition) is 4. The van der Waals surface area contributed by atoms with Crippen molar-refractivity contribution in [3.63, 3.8) is 0 Å². The van der Waals surface area contributed by atoms with Gasteiger partial charge in [-0.3, -0.25) is 4.79 Å². The largest absolute Gasteiger partial charge is 0.494 e. The van der Waals surface area contributed by atoms with Crippen molar-refractivity contribution in [2.75, 3.05) is 11.6 Å². The van der Waals surface area contributed by atoms with Crippen molar-refractivity contribution in [3.8, 4) is 22.7 Å². The first kappa shape index (κ1) is 24.1. The summed E-state index contributed by atoms with van der Waals surface area (Å²) in [5.74, 6) is 0.572. The molecular formula is C33H26N4O2. The second-order valence-electron chi connectivity index (χ2n) is 9.00. The van der Waals surface area contributed by atoms with Gasteiger partial charge in [-0.25, -0.2) is 4.68 Å². The van der Waals surface area contributed by atoms with E-state index in [9.17, 15) is 4.79 Å². The maximum Gasteiger partial charge on any atom is 0.281 e. The molecule has 5 aromatic rings. The van der Waals surface area contributed by atoms with Crippen LogP contribution in [0.25, 0.3) is 23.0 Å². The summed E-state index contributed by atoms with van der Waals surface area (Å²) in [6.45, 7) is 2.53. The van der Waals surface area contributed by atoms with E-state index < -0.39 is 0 Å². The lowest BCUT2D eigenvalue weighted by Gasteiger charge is -2.10. The minimum absolute atomic E-state index is 0.193. The predicted molar refractivity (Wildman–Crippen MR) is 155 cm³/mol. The Bertz CT molecular complexity index is 1670. The molecule has 6 heteroatoms. The summed E-state index contributed by atoms with van der Waals surface area (Å²) in [4.78, 5) is 13.9. The van der Waals surface area contributed by atoms with Gasteiger partial charge in [0.05, 0.1) is 23.6 Å². The molecule has 39 heavy (non-hydrogen) atoms. The number of rotatable bonds is 7. The lowest BCUT2D eigenvalue weighted by molar-refractivity contribution is -0.114. The van der Waals surface area contributed by atoms with Crippen LogP contribution in [-0.2, 0) is 4.79 Å². The number of nitrogens with zero attached hydrogens (tertiary/aromatic N) is 4. The van der Waals surface area contributed by atoms with Crippen LogP contribution in [0, 0.1) is 0 Å².